The summed E-state index contributed by atoms with van der Waals surface area (Å²) in [6.07, 6.45) is 1.55. The van der Waals surface area contributed by atoms with Crippen LogP contribution in [-0.2, 0) is 14.9 Å². The molecular formula is C28H27NO6S2. The summed E-state index contributed by atoms with van der Waals surface area (Å²) < 4.78 is 36.2. The molecule has 3 aromatic rings. The Morgan fingerprint density at radius 1 is 0.973 bits per heavy atom. The summed E-state index contributed by atoms with van der Waals surface area (Å²) in [5.74, 6) is 0.706. The van der Waals surface area contributed by atoms with E-state index in [4.69, 9.17) is 8.92 Å². The zero-order valence-corrected chi connectivity index (χ0v) is 22.3. The molecule has 2 amide bonds. The molecule has 0 bridgehead atoms. The minimum atomic E-state index is -4.00. The number of benzene rings is 3. The van der Waals surface area contributed by atoms with E-state index >= 15 is 0 Å². The number of thioether (sulfide) groups is 1. The van der Waals surface area contributed by atoms with Crippen LogP contribution >= 0.6 is 11.8 Å². The van der Waals surface area contributed by atoms with Gasteiger partial charge in [-0.1, -0.05) is 56.3 Å². The maximum atomic E-state index is 12.9. The minimum absolute atomic E-state index is 0.0370. The fraction of sp³-hybridized carbons (Fsp3) is 0.214. The van der Waals surface area contributed by atoms with E-state index in [0.717, 1.165) is 33.5 Å². The van der Waals surface area contributed by atoms with E-state index < -0.39 is 16.0 Å². The van der Waals surface area contributed by atoms with Crippen molar-refractivity contribution in [3.05, 3.63) is 94.4 Å². The van der Waals surface area contributed by atoms with Crippen LogP contribution in [0.15, 0.2) is 82.6 Å². The van der Waals surface area contributed by atoms with Crippen LogP contribution in [0.1, 0.15) is 36.5 Å². The molecule has 1 fully saturated rings. The highest BCUT2D eigenvalue weighted by molar-refractivity contribution is 8.18. The molecule has 0 aliphatic carbocycles. The fourth-order valence-electron chi connectivity index (χ4n) is 3.75. The maximum Gasteiger partial charge on any atom is 0.339 e. The SMILES string of the molecule is Cc1ccc(C(C)C)c(OCCN2C(=O)S/C(=C\c3cccc(OS(=O)(=O)c4ccccc4)c3)C2=O)c1. The van der Waals surface area contributed by atoms with E-state index in [0.29, 0.717) is 5.56 Å². The van der Waals surface area contributed by atoms with Crippen molar-refractivity contribution in [2.75, 3.05) is 13.2 Å². The van der Waals surface area contributed by atoms with Gasteiger partial charge in [-0.2, -0.15) is 8.42 Å². The van der Waals surface area contributed by atoms with Gasteiger partial charge in [-0.3, -0.25) is 14.5 Å². The number of imide groups is 1. The van der Waals surface area contributed by atoms with Crippen molar-refractivity contribution >= 4 is 39.1 Å². The number of amides is 2. The standard InChI is InChI=1S/C28H27NO6S2/c1-19(2)24-13-12-20(3)16-25(24)34-15-14-29-27(30)26(36-28(29)31)18-21-8-7-9-22(17-21)35-37(32,33)23-10-5-4-6-11-23/h4-13,16-19H,14-15H2,1-3H3/b26-18-. The number of hydrogen-bond donors (Lipinski definition) is 0. The summed E-state index contributed by atoms with van der Waals surface area (Å²) in [7, 11) is -4.00. The number of aryl methyl sites for hydroxylation is 1. The molecule has 1 heterocycles. The van der Waals surface area contributed by atoms with Crippen molar-refractivity contribution in [3.8, 4) is 11.5 Å². The minimum Gasteiger partial charge on any atom is -0.491 e. The molecule has 3 aromatic carbocycles. The summed E-state index contributed by atoms with van der Waals surface area (Å²) in [6, 6.07) is 20.2. The van der Waals surface area contributed by atoms with Gasteiger partial charge in [0.25, 0.3) is 11.1 Å². The quantitative estimate of drug-likeness (QED) is 0.244. The zero-order valence-electron chi connectivity index (χ0n) is 20.7. The number of nitrogens with zero attached hydrogens (tertiary/aromatic N) is 1. The molecular weight excluding hydrogens is 510 g/mol. The predicted molar refractivity (Wildman–Crippen MR) is 144 cm³/mol. The van der Waals surface area contributed by atoms with Gasteiger partial charge in [0, 0.05) is 0 Å². The van der Waals surface area contributed by atoms with Crippen molar-refractivity contribution < 1.29 is 26.9 Å². The van der Waals surface area contributed by atoms with Gasteiger partial charge in [-0.15, -0.1) is 0 Å². The largest absolute Gasteiger partial charge is 0.491 e. The van der Waals surface area contributed by atoms with Crippen LogP contribution in [0.5, 0.6) is 11.5 Å². The van der Waals surface area contributed by atoms with Gasteiger partial charge in [0.2, 0.25) is 0 Å². The highest BCUT2D eigenvalue weighted by atomic mass is 32.2. The summed E-state index contributed by atoms with van der Waals surface area (Å²) in [5, 5.41) is -0.382. The molecule has 0 unspecified atom stereocenters. The maximum absolute atomic E-state index is 12.9. The van der Waals surface area contributed by atoms with Gasteiger partial charge >= 0.3 is 10.1 Å². The number of carbonyl (C=O) groups excluding carboxylic acids is 2. The van der Waals surface area contributed by atoms with Crippen molar-refractivity contribution in [1.29, 1.82) is 0 Å². The van der Waals surface area contributed by atoms with Crippen LogP contribution in [0.25, 0.3) is 6.08 Å². The second-order valence-corrected chi connectivity index (χ2v) is 11.3. The first-order valence-electron chi connectivity index (χ1n) is 11.7. The second-order valence-electron chi connectivity index (χ2n) is 8.80. The van der Waals surface area contributed by atoms with E-state index in [1.54, 1.807) is 36.4 Å². The summed E-state index contributed by atoms with van der Waals surface area (Å²) >= 11 is 0.833. The molecule has 0 saturated carbocycles. The monoisotopic (exact) mass is 537 g/mol. The molecule has 9 heteroatoms. The Morgan fingerprint density at radius 2 is 1.73 bits per heavy atom. The molecule has 1 aliphatic rings. The number of hydrogen-bond acceptors (Lipinski definition) is 7. The highest BCUT2D eigenvalue weighted by Crippen LogP contribution is 2.33. The summed E-state index contributed by atoms with van der Waals surface area (Å²) in [6.45, 7) is 6.43. The lowest BCUT2D eigenvalue weighted by atomic mass is 10.0. The summed E-state index contributed by atoms with van der Waals surface area (Å²) in [5.41, 5.74) is 2.66. The Balaban J connectivity index is 1.43. The Morgan fingerprint density at radius 3 is 2.46 bits per heavy atom. The fourth-order valence-corrected chi connectivity index (χ4v) is 5.56. The van der Waals surface area contributed by atoms with Gasteiger partial charge in [-0.25, -0.2) is 0 Å². The van der Waals surface area contributed by atoms with E-state index in [1.165, 1.54) is 24.3 Å². The molecule has 1 saturated heterocycles. The first kappa shape index (κ1) is 26.5. The van der Waals surface area contributed by atoms with Gasteiger partial charge in [0.1, 0.15) is 23.0 Å². The van der Waals surface area contributed by atoms with Crippen LogP contribution in [0.2, 0.25) is 0 Å². The second kappa shape index (κ2) is 11.2. The van der Waals surface area contributed by atoms with E-state index in [2.05, 4.69) is 13.8 Å². The van der Waals surface area contributed by atoms with Crippen molar-refractivity contribution in [2.24, 2.45) is 0 Å². The number of carbonyl (C=O) groups is 2. The van der Waals surface area contributed by atoms with E-state index in [1.807, 2.05) is 25.1 Å². The Labute approximate surface area is 221 Å². The first-order chi connectivity index (χ1) is 17.6. The third-order valence-corrected chi connectivity index (χ3v) is 7.80. The molecule has 0 spiro atoms. The van der Waals surface area contributed by atoms with Crippen molar-refractivity contribution in [1.82, 2.24) is 4.90 Å². The van der Waals surface area contributed by atoms with Crippen molar-refractivity contribution in [3.63, 3.8) is 0 Å². The average Bonchev–Trinajstić information content (AvgIpc) is 3.11. The lowest BCUT2D eigenvalue weighted by Gasteiger charge is -2.17. The third-order valence-electron chi connectivity index (χ3n) is 5.63. The molecule has 0 radical (unpaired) electrons. The number of rotatable bonds is 9. The van der Waals surface area contributed by atoms with Crippen LogP contribution in [0, 0.1) is 6.92 Å². The Bertz CT molecular complexity index is 1450. The predicted octanol–water partition coefficient (Wildman–Crippen LogP) is 6.00. The van der Waals surface area contributed by atoms with Gasteiger partial charge < -0.3 is 8.92 Å². The average molecular weight is 538 g/mol. The molecule has 4 rings (SSSR count). The third kappa shape index (κ3) is 6.42. The molecule has 192 valence electrons. The van der Waals surface area contributed by atoms with Crippen LogP contribution in [0.3, 0.4) is 0 Å². The van der Waals surface area contributed by atoms with Gasteiger partial charge in [0.05, 0.1) is 11.4 Å². The van der Waals surface area contributed by atoms with E-state index in [9.17, 15) is 18.0 Å². The number of ether oxygens (including phenoxy) is 1. The molecule has 1 aliphatic heterocycles. The van der Waals surface area contributed by atoms with Crippen LogP contribution < -0.4 is 8.92 Å². The normalized spacial score (nSPS) is 15.0. The molecule has 7 nitrogen and oxygen atoms in total. The molecule has 0 N–H and O–H groups in total. The van der Waals surface area contributed by atoms with Gasteiger partial charge in [-0.05, 0) is 77.7 Å². The van der Waals surface area contributed by atoms with Crippen molar-refractivity contribution in [2.45, 2.75) is 31.6 Å². The molecule has 37 heavy (non-hydrogen) atoms. The molecule has 0 atom stereocenters. The molecule has 0 aromatic heterocycles. The summed E-state index contributed by atoms with van der Waals surface area (Å²) in [4.78, 5) is 26.9. The topological polar surface area (TPSA) is 90.0 Å². The van der Waals surface area contributed by atoms with Gasteiger partial charge in [0.15, 0.2) is 0 Å². The lowest BCUT2D eigenvalue weighted by Crippen LogP contribution is -2.32. The lowest BCUT2D eigenvalue weighted by molar-refractivity contribution is -0.123. The first-order valence-corrected chi connectivity index (χ1v) is 13.9. The smallest absolute Gasteiger partial charge is 0.339 e. The van der Waals surface area contributed by atoms with Crippen LogP contribution in [0.4, 0.5) is 4.79 Å². The zero-order chi connectivity index (χ0) is 26.6. The van der Waals surface area contributed by atoms with E-state index in [-0.39, 0.29) is 39.9 Å². The highest BCUT2D eigenvalue weighted by Gasteiger charge is 2.35. The Kier molecular flexibility index (Phi) is 8.04. The van der Waals surface area contributed by atoms with Crippen LogP contribution in [-0.4, -0.2) is 37.6 Å². The Hall–Kier alpha value is -3.56.